The molecule has 31 heavy (non-hydrogen) atoms. The second kappa shape index (κ2) is 9.69. The van der Waals surface area contributed by atoms with Crippen molar-refractivity contribution in [2.24, 2.45) is 0 Å². The average molecular weight is 435 g/mol. The van der Waals surface area contributed by atoms with Gasteiger partial charge < -0.3 is 4.90 Å². The molecule has 1 saturated heterocycles. The Morgan fingerprint density at radius 1 is 1.00 bits per heavy atom. The summed E-state index contributed by atoms with van der Waals surface area (Å²) in [5.41, 5.74) is 3.30. The standard InChI is InChI=1S/C25H30N4OS/c1-4-20-13-15-22(16-14-20)29-24(21-11-6-5-7-12-21)26-27-25(29)31-17-23(30)28-18(2)9-8-10-19(28)3/h5-7,11-16,18-19H,4,8-10,17H2,1-3H3/t18-,19-/m0/s1. The van der Waals surface area contributed by atoms with E-state index in [4.69, 9.17) is 0 Å². The smallest absolute Gasteiger partial charge is 0.233 e. The van der Waals surface area contributed by atoms with Crippen molar-refractivity contribution in [3.63, 3.8) is 0 Å². The molecule has 2 heterocycles. The number of thioether (sulfide) groups is 1. The summed E-state index contributed by atoms with van der Waals surface area (Å²) in [6, 6.07) is 19.2. The van der Waals surface area contributed by atoms with E-state index in [1.807, 2.05) is 30.3 Å². The second-order valence-corrected chi connectivity index (χ2v) is 9.19. The van der Waals surface area contributed by atoms with Gasteiger partial charge in [-0.1, -0.05) is 61.2 Å². The average Bonchev–Trinajstić information content (AvgIpc) is 3.22. The highest BCUT2D eigenvalue weighted by Gasteiger charge is 2.29. The number of likely N-dealkylation sites (tertiary alicyclic amines) is 1. The second-order valence-electron chi connectivity index (χ2n) is 8.25. The first-order valence-electron chi connectivity index (χ1n) is 11.1. The van der Waals surface area contributed by atoms with Crippen molar-refractivity contribution in [2.75, 3.05) is 5.75 Å². The molecule has 0 bridgehead atoms. The molecule has 1 aromatic heterocycles. The fraction of sp³-hybridized carbons (Fsp3) is 0.400. The third kappa shape index (κ3) is 4.69. The van der Waals surface area contributed by atoms with Crippen molar-refractivity contribution in [2.45, 2.75) is 63.7 Å². The van der Waals surface area contributed by atoms with Crippen LogP contribution >= 0.6 is 11.8 Å². The zero-order valence-electron chi connectivity index (χ0n) is 18.5. The number of carbonyl (C=O) groups is 1. The van der Waals surface area contributed by atoms with Crippen LogP contribution < -0.4 is 0 Å². The third-order valence-corrected chi connectivity index (χ3v) is 6.99. The minimum atomic E-state index is 0.182. The summed E-state index contributed by atoms with van der Waals surface area (Å²) in [5, 5.41) is 9.71. The molecule has 3 aromatic rings. The van der Waals surface area contributed by atoms with Gasteiger partial charge in [-0.3, -0.25) is 9.36 Å². The SMILES string of the molecule is CCc1ccc(-n2c(SCC(=O)N3[C@@H](C)CCC[C@@H]3C)nnc2-c2ccccc2)cc1. The van der Waals surface area contributed by atoms with Gasteiger partial charge in [0.25, 0.3) is 0 Å². The lowest BCUT2D eigenvalue weighted by atomic mass is 9.98. The maximum atomic E-state index is 13.0. The first-order chi connectivity index (χ1) is 15.1. The summed E-state index contributed by atoms with van der Waals surface area (Å²) >= 11 is 1.47. The van der Waals surface area contributed by atoms with Crippen LogP contribution in [0, 0.1) is 0 Å². The van der Waals surface area contributed by atoms with Gasteiger partial charge in [-0.2, -0.15) is 0 Å². The number of aryl methyl sites for hydroxylation is 1. The lowest BCUT2D eigenvalue weighted by Crippen LogP contribution is -2.48. The quantitative estimate of drug-likeness (QED) is 0.489. The number of rotatable bonds is 6. The molecule has 6 heteroatoms. The van der Waals surface area contributed by atoms with E-state index in [0.717, 1.165) is 41.5 Å². The molecule has 0 N–H and O–H groups in total. The van der Waals surface area contributed by atoms with Crippen molar-refractivity contribution in [3.05, 3.63) is 60.2 Å². The van der Waals surface area contributed by atoms with Gasteiger partial charge in [0.05, 0.1) is 5.75 Å². The molecule has 1 fully saturated rings. The first-order valence-corrected chi connectivity index (χ1v) is 12.1. The fourth-order valence-corrected chi connectivity index (χ4v) is 5.19. The normalized spacial score (nSPS) is 18.9. The molecule has 0 spiro atoms. The number of hydrogen-bond acceptors (Lipinski definition) is 4. The Morgan fingerprint density at radius 2 is 1.68 bits per heavy atom. The van der Waals surface area contributed by atoms with Crippen LogP contribution in [-0.2, 0) is 11.2 Å². The molecule has 0 unspecified atom stereocenters. The van der Waals surface area contributed by atoms with E-state index in [9.17, 15) is 4.79 Å². The summed E-state index contributed by atoms with van der Waals surface area (Å²) in [6.07, 6.45) is 4.36. The van der Waals surface area contributed by atoms with Crippen LogP contribution in [0.1, 0.15) is 45.6 Å². The van der Waals surface area contributed by atoms with Crippen LogP contribution in [0.2, 0.25) is 0 Å². The Morgan fingerprint density at radius 3 is 2.32 bits per heavy atom. The number of hydrogen-bond donors (Lipinski definition) is 0. The topological polar surface area (TPSA) is 51.0 Å². The number of aromatic nitrogens is 3. The van der Waals surface area contributed by atoms with Crippen LogP contribution in [0.25, 0.3) is 17.1 Å². The minimum absolute atomic E-state index is 0.182. The van der Waals surface area contributed by atoms with Crippen LogP contribution in [0.5, 0.6) is 0 Å². The highest BCUT2D eigenvalue weighted by molar-refractivity contribution is 7.99. The Kier molecular flexibility index (Phi) is 6.76. The molecule has 0 radical (unpaired) electrons. The number of amides is 1. The van der Waals surface area contributed by atoms with E-state index >= 15 is 0 Å². The zero-order valence-corrected chi connectivity index (χ0v) is 19.3. The summed E-state index contributed by atoms with van der Waals surface area (Å²) in [4.78, 5) is 15.1. The Hall–Kier alpha value is -2.60. The van der Waals surface area contributed by atoms with E-state index < -0.39 is 0 Å². The van der Waals surface area contributed by atoms with Gasteiger partial charge in [-0.05, 0) is 57.2 Å². The summed E-state index contributed by atoms with van der Waals surface area (Å²) in [5.74, 6) is 1.34. The summed E-state index contributed by atoms with van der Waals surface area (Å²) in [7, 11) is 0. The van der Waals surface area contributed by atoms with E-state index in [-0.39, 0.29) is 5.91 Å². The zero-order chi connectivity index (χ0) is 21.8. The fourth-order valence-electron chi connectivity index (χ4n) is 4.36. The van der Waals surface area contributed by atoms with Gasteiger partial charge in [0, 0.05) is 23.3 Å². The lowest BCUT2D eigenvalue weighted by molar-refractivity contribution is -0.134. The Labute approximate surface area is 188 Å². The molecule has 2 aromatic carbocycles. The Bertz CT molecular complexity index is 1010. The molecular weight excluding hydrogens is 404 g/mol. The predicted octanol–water partition coefficient (Wildman–Crippen LogP) is 5.38. The summed E-state index contributed by atoms with van der Waals surface area (Å²) in [6.45, 7) is 6.46. The summed E-state index contributed by atoms with van der Waals surface area (Å²) < 4.78 is 2.07. The molecule has 4 rings (SSSR count). The van der Waals surface area contributed by atoms with Gasteiger partial charge in [-0.25, -0.2) is 0 Å². The van der Waals surface area contributed by atoms with Crippen molar-refractivity contribution >= 4 is 17.7 Å². The largest absolute Gasteiger partial charge is 0.337 e. The molecule has 1 aliphatic heterocycles. The van der Waals surface area contributed by atoms with E-state index in [1.165, 1.54) is 23.7 Å². The van der Waals surface area contributed by atoms with Gasteiger partial charge in [0.15, 0.2) is 11.0 Å². The highest BCUT2D eigenvalue weighted by atomic mass is 32.2. The van der Waals surface area contributed by atoms with Gasteiger partial charge in [0.1, 0.15) is 0 Å². The van der Waals surface area contributed by atoms with E-state index in [1.54, 1.807) is 0 Å². The number of piperidine rings is 1. The molecule has 0 saturated carbocycles. The highest BCUT2D eigenvalue weighted by Crippen LogP contribution is 2.29. The molecule has 162 valence electrons. The molecular formula is C25H30N4OS. The van der Waals surface area contributed by atoms with Crippen LogP contribution in [0.4, 0.5) is 0 Å². The van der Waals surface area contributed by atoms with Crippen molar-refractivity contribution < 1.29 is 4.79 Å². The number of nitrogens with zero attached hydrogens (tertiary/aromatic N) is 4. The molecule has 1 amide bonds. The van der Waals surface area contributed by atoms with E-state index in [2.05, 4.69) is 64.7 Å². The van der Waals surface area contributed by atoms with Crippen molar-refractivity contribution in [3.8, 4) is 17.1 Å². The predicted molar refractivity (Wildman–Crippen MR) is 127 cm³/mol. The van der Waals surface area contributed by atoms with Gasteiger partial charge in [0.2, 0.25) is 5.91 Å². The van der Waals surface area contributed by atoms with Crippen LogP contribution in [0.15, 0.2) is 59.8 Å². The lowest BCUT2D eigenvalue weighted by Gasteiger charge is -2.39. The molecule has 0 aliphatic carbocycles. The molecule has 5 nitrogen and oxygen atoms in total. The Balaban J connectivity index is 1.63. The van der Waals surface area contributed by atoms with Crippen LogP contribution in [0.3, 0.4) is 0 Å². The van der Waals surface area contributed by atoms with Crippen LogP contribution in [-0.4, -0.2) is 43.4 Å². The van der Waals surface area contributed by atoms with Gasteiger partial charge in [-0.15, -0.1) is 10.2 Å². The maximum Gasteiger partial charge on any atom is 0.233 e. The van der Waals surface area contributed by atoms with Crippen molar-refractivity contribution in [1.82, 2.24) is 19.7 Å². The number of carbonyl (C=O) groups excluding carboxylic acids is 1. The first kappa shape index (κ1) is 21.6. The maximum absolute atomic E-state index is 13.0. The monoisotopic (exact) mass is 434 g/mol. The van der Waals surface area contributed by atoms with Crippen molar-refractivity contribution in [1.29, 1.82) is 0 Å². The van der Waals surface area contributed by atoms with Gasteiger partial charge >= 0.3 is 0 Å². The third-order valence-electron chi connectivity index (χ3n) is 6.07. The molecule has 2 atom stereocenters. The van der Waals surface area contributed by atoms with E-state index in [0.29, 0.717) is 17.8 Å². The number of benzene rings is 2. The minimum Gasteiger partial charge on any atom is -0.337 e. The molecule has 1 aliphatic rings.